The molecule has 1 heterocycles. The highest BCUT2D eigenvalue weighted by Crippen LogP contribution is 2.20. The zero-order valence-electron chi connectivity index (χ0n) is 18.3. The van der Waals surface area contributed by atoms with E-state index in [0.29, 0.717) is 24.8 Å². The molecule has 0 atom stereocenters. The maximum Gasteiger partial charge on any atom is 0.231 e. The van der Waals surface area contributed by atoms with Gasteiger partial charge in [-0.05, 0) is 51.3 Å². The van der Waals surface area contributed by atoms with Crippen LogP contribution in [0.15, 0.2) is 23.2 Å². The molecule has 2 rings (SSSR count). The normalized spacial score (nSPS) is 15.4. The number of likely N-dealkylation sites (tertiary alicyclic amines) is 1. The molecule has 1 aromatic rings. The van der Waals surface area contributed by atoms with E-state index < -0.39 is 0 Å². The number of piperidine rings is 1. The lowest BCUT2D eigenvalue weighted by Crippen LogP contribution is -2.49. The standard InChI is InChI=1S/C21H35FN6O.HI/c1-4-24-21(26-17-9-11-27(12-10-17)15-20(23)29)25-14-16-7-8-19(18(22)13-16)28(5-2)6-3;/h7-8,13,17H,4-6,9-12,14-15H2,1-3H3,(H2,23,29)(H2,24,25,26);1H. The molecule has 0 saturated carbocycles. The highest BCUT2D eigenvalue weighted by atomic mass is 127. The first-order valence-corrected chi connectivity index (χ1v) is 10.6. The van der Waals surface area contributed by atoms with Gasteiger partial charge < -0.3 is 21.3 Å². The molecule has 0 aromatic heterocycles. The van der Waals surface area contributed by atoms with Gasteiger partial charge in [-0.1, -0.05) is 6.07 Å². The second-order valence-corrected chi connectivity index (χ2v) is 7.31. The van der Waals surface area contributed by atoms with Gasteiger partial charge in [0.15, 0.2) is 5.96 Å². The van der Waals surface area contributed by atoms with Crippen molar-refractivity contribution in [3.05, 3.63) is 29.6 Å². The summed E-state index contributed by atoms with van der Waals surface area (Å²) in [6, 6.07) is 5.63. The zero-order valence-corrected chi connectivity index (χ0v) is 20.6. The van der Waals surface area contributed by atoms with E-state index >= 15 is 0 Å². The Morgan fingerprint density at radius 2 is 1.93 bits per heavy atom. The third kappa shape index (κ3) is 8.25. The number of primary amides is 1. The number of nitrogens with two attached hydrogens (primary N) is 1. The number of halogens is 2. The summed E-state index contributed by atoms with van der Waals surface area (Å²) in [6.45, 7) is 10.8. The average molecular weight is 534 g/mol. The van der Waals surface area contributed by atoms with Crippen LogP contribution in [-0.2, 0) is 11.3 Å². The van der Waals surface area contributed by atoms with Crippen molar-refractivity contribution in [2.45, 2.75) is 46.2 Å². The third-order valence-corrected chi connectivity index (χ3v) is 5.19. The zero-order chi connectivity index (χ0) is 21.2. The van der Waals surface area contributed by atoms with Crippen LogP contribution in [0.4, 0.5) is 10.1 Å². The summed E-state index contributed by atoms with van der Waals surface area (Å²) in [5.41, 5.74) is 6.74. The Kier molecular flexibility index (Phi) is 12.0. The molecule has 7 nitrogen and oxygen atoms in total. The van der Waals surface area contributed by atoms with Crippen molar-refractivity contribution in [3.8, 4) is 0 Å². The van der Waals surface area contributed by atoms with Crippen molar-refractivity contribution in [3.63, 3.8) is 0 Å². The molecule has 1 aromatic carbocycles. The van der Waals surface area contributed by atoms with Crippen LogP contribution in [0.2, 0.25) is 0 Å². The van der Waals surface area contributed by atoms with E-state index in [4.69, 9.17) is 5.73 Å². The Balaban J connectivity index is 0.00000450. The maximum absolute atomic E-state index is 14.5. The number of nitrogens with zero attached hydrogens (tertiary/aromatic N) is 3. The topological polar surface area (TPSA) is 86.0 Å². The quantitative estimate of drug-likeness (QED) is 0.257. The van der Waals surface area contributed by atoms with E-state index in [1.165, 1.54) is 0 Å². The number of nitrogens with one attached hydrogen (secondary N) is 2. The Labute approximate surface area is 196 Å². The number of benzene rings is 1. The molecule has 0 radical (unpaired) electrons. The second-order valence-electron chi connectivity index (χ2n) is 7.31. The number of rotatable bonds is 9. The summed E-state index contributed by atoms with van der Waals surface area (Å²) < 4.78 is 14.5. The number of hydrogen-bond acceptors (Lipinski definition) is 4. The Morgan fingerprint density at radius 3 is 2.47 bits per heavy atom. The van der Waals surface area contributed by atoms with Crippen LogP contribution in [0, 0.1) is 5.82 Å². The number of amides is 1. The predicted octanol–water partition coefficient (Wildman–Crippen LogP) is 2.29. The lowest BCUT2D eigenvalue weighted by Gasteiger charge is -2.32. The summed E-state index contributed by atoms with van der Waals surface area (Å²) in [4.78, 5) is 19.8. The van der Waals surface area contributed by atoms with Crippen molar-refractivity contribution in [1.29, 1.82) is 0 Å². The van der Waals surface area contributed by atoms with E-state index in [1.54, 1.807) is 6.07 Å². The van der Waals surface area contributed by atoms with Crippen LogP contribution < -0.4 is 21.3 Å². The van der Waals surface area contributed by atoms with E-state index in [-0.39, 0.29) is 35.7 Å². The number of guanidine groups is 1. The molecule has 1 amide bonds. The van der Waals surface area contributed by atoms with Crippen LogP contribution in [0.5, 0.6) is 0 Å². The second kappa shape index (κ2) is 13.6. The lowest BCUT2D eigenvalue weighted by molar-refractivity contribution is -0.119. The molecular formula is C21H36FIN6O. The van der Waals surface area contributed by atoms with Gasteiger partial charge in [0.2, 0.25) is 5.91 Å². The molecule has 9 heteroatoms. The molecule has 4 N–H and O–H groups in total. The molecular weight excluding hydrogens is 498 g/mol. The number of hydrogen-bond donors (Lipinski definition) is 3. The minimum absolute atomic E-state index is 0. The Bertz CT molecular complexity index is 690. The molecule has 0 unspecified atom stereocenters. The van der Waals surface area contributed by atoms with Crippen molar-refractivity contribution >= 4 is 41.5 Å². The van der Waals surface area contributed by atoms with Crippen LogP contribution in [0.1, 0.15) is 39.2 Å². The average Bonchev–Trinajstić information content (AvgIpc) is 2.69. The molecule has 1 fully saturated rings. The van der Waals surface area contributed by atoms with Crippen LogP contribution in [0.3, 0.4) is 0 Å². The minimum atomic E-state index is -0.287. The number of carbonyl (C=O) groups is 1. The van der Waals surface area contributed by atoms with Crippen molar-refractivity contribution in [2.75, 3.05) is 44.2 Å². The molecule has 1 aliphatic heterocycles. The van der Waals surface area contributed by atoms with Crippen LogP contribution >= 0.6 is 24.0 Å². The van der Waals surface area contributed by atoms with Crippen molar-refractivity contribution < 1.29 is 9.18 Å². The van der Waals surface area contributed by atoms with Crippen molar-refractivity contribution in [1.82, 2.24) is 15.5 Å². The highest BCUT2D eigenvalue weighted by molar-refractivity contribution is 14.0. The number of carbonyl (C=O) groups excluding carboxylic acids is 1. The van der Waals surface area contributed by atoms with Crippen LogP contribution in [-0.4, -0.2) is 62.1 Å². The van der Waals surface area contributed by atoms with Gasteiger partial charge in [-0.3, -0.25) is 9.69 Å². The first-order chi connectivity index (χ1) is 14.0. The molecule has 30 heavy (non-hydrogen) atoms. The number of anilines is 1. The first kappa shape index (κ1) is 26.4. The molecule has 0 aliphatic carbocycles. The SMILES string of the molecule is CCNC(=NCc1ccc(N(CC)CC)c(F)c1)NC1CCN(CC(N)=O)CC1.I. The van der Waals surface area contributed by atoms with Gasteiger partial charge in [0.05, 0.1) is 18.8 Å². The van der Waals surface area contributed by atoms with Crippen LogP contribution in [0.25, 0.3) is 0 Å². The highest BCUT2D eigenvalue weighted by Gasteiger charge is 2.20. The minimum Gasteiger partial charge on any atom is -0.370 e. The largest absolute Gasteiger partial charge is 0.370 e. The van der Waals surface area contributed by atoms with E-state index in [0.717, 1.165) is 57.1 Å². The van der Waals surface area contributed by atoms with Gasteiger partial charge in [-0.2, -0.15) is 0 Å². The van der Waals surface area contributed by atoms with Gasteiger partial charge in [0, 0.05) is 38.8 Å². The molecule has 1 saturated heterocycles. The van der Waals surface area contributed by atoms with Gasteiger partial charge in [0.1, 0.15) is 5.82 Å². The summed E-state index contributed by atoms with van der Waals surface area (Å²) in [7, 11) is 0. The smallest absolute Gasteiger partial charge is 0.231 e. The summed E-state index contributed by atoms with van der Waals surface area (Å²) in [5, 5.41) is 6.71. The lowest BCUT2D eigenvalue weighted by atomic mass is 10.1. The summed E-state index contributed by atoms with van der Waals surface area (Å²) >= 11 is 0. The van der Waals surface area contributed by atoms with Gasteiger partial charge >= 0.3 is 0 Å². The third-order valence-electron chi connectivity index (χ3n) is 5.19. The first-order valence-electron chi connectivity index (χ1n) is 10.6. The Hall–Kier alpha value is -1.62. The molecule has 170 valence electrons. The maximum atomic E-state index is 14.5. The molecule has 0 bridgehead atoms. The van der Waals surface area contributed by atoms with Gasteiger partial charge in [-0.15, -0.1) is 24.0 Å². The fourth-order valence-corrected chi connectivity index (χ4v) is 3.61. The van der Waals surface area contributed by atoms with E-state index in [1.807, 2.05) is 37.8 Å². The van der Waals surface area contributed by atoms with E-state index in [9.17, 15) is 9.18 Å². The Morgan fingerprint density at radius 1 is 1.27 bits per heavy atom. The molecule has 0 spiro atoms. The van der Waals surface area contributed by atoms with E-state index in [2.05, 4.69) is 20.5 Å². The van der Waals surface area contributed by atoms with Gasteiger partial charge in [-0.25, -0.2) is 9.38 Å². The summed E-state index contributed by atoms with van der Waals surface area (Å²) in [5.74, 6) is 0.237. The predicted molar refractivity (Wildman–Crippen MR) is 132 cm³/mol. The monoisotopic (exact) mass is 534 g/mol. The van der Waals surface area contributed by atoms with Gasteiger partial charge in [0.25, 0.3) is 0 Å². The van der Waals surface area contributed by atoms with Crippen molar-refractivity contribution in [2.24, 2.45) is 10.7 Å². The molecule has 1 aliphatic rings. The summed E-state index contributed by atoms with van der Waals surface area (Å²) in [6.07, 6.45) is 1.84. The fraction of sp³-hybridized carbons (Fsp3) is 0.619. The number of aliphatic imine (C=N–C) groups is 1. The fourth-order valence-electron chi connectivity index (χ4n) is 3.61.